The van der Waals surface area contributed by atoms with Crippen LogP contribution in [0.4, 0.5) is 0 Å². The Morgan fingerprint density at radius 2 is 2.38 bits per heavy atom. The number of carbonyl (C=O) groups excluding carboxylic acids is 1. The normalized spacial score (nSPS) is 17.1. The van der Waals surface area contributed by atoms with E-state index < -0.39 is 0 Å². The van der Waals surface area contributed by atoms with Crippen molar-refractivity contribution in [2.24, 2.45) is 0 Å². The topological polar surface area (TPSA) is 54.3 Å². The Morgan fingerprint density at radius 3 is 2.94 bits per heavy atom. The highest BCUT2D eigenvalue weighted by molar-refractivity contribution is 9.10. The third kappa shape index (κ3) is 3.35. The third-order valence-corrected chi connectivity index (χ3v) is 2.96. The molecule has 1 aromatic heterocycles. The molecule has 1 fully saturated rings. The number of hydrogen-bond donors (Lipinski definition) is 2. The molecule has 1 saturated carbocycles. The maximum absolute atomic E-state index is 11.4. The molecule has 4 nitrogen and oxygen atoms in total. The number of halogens is 1. The van der Waals surface area contributed by atoms with Gasteiger partial charge >= 0.3 is 0 Å². The molecular weight excluding hydrogens is 272 g/mol. The first-order chi connectivity index (χ1) is 7.65. The zero-order valence-electron chi connectivity index (χ0n) is 9.13. The summed E-state index contributed by atoms with van der Waals surface area (Å²) in [6.07, 6.45) is 2.23. The fourth-order valence-electron chi connectivity index (χ4n) is 1.41. The van der Waals surface area contributed by atoms with E-state index in [1.807, 2.05) is 19.1 Å². The van der Waals surface area contributed by atoms with E-state index in [-0.39, 0.29) is 11.9 Å². The molecule has 1 aliphatic carbocycles. The molecule has 1 amide bonds. The molecule has 2 rings (SSSR count). The van der Waals surface area contributed by atoms with Crippen LogP contribution in [0.2, 0.25) is 0 Å². The molecule has 0 aliphatic heterocycles. The summed E-state index contributed by atoms with van der Waals surface area (Å²) in [6, 6.07) is 4.19. The lowest BCUT2D eigenvalue weighted by molar-refractivity contribution is -0.120. The average Bonchev–Trinajstić information content (AvgIpc) is 2.95. The van der Waals surface area contributed by atoms with Crippen LogP contribution in [-0.4, -0.2) is 18.5 Å². The van der Waals surface area contributed by atoms with E-state index in [1.54, 1.807) is 0 Å². The highest BCUT2D eigenvalue weighted by Gasteiger charge is 2.23. The summed E-state index contributed by atoms with van der Waals surface area (Å²) in [5.74, 6) is 0.881. The molecule has 1 aromatic rings. The number of furan rings is 1. The Balaban J connectivity index is 1.74. The quantitative estimate of drug-likeness (QED) is 0.870. The van der Waals surface area contributed by atoms with E-state index in [0.717, 1.165) is 18.6 Å². The van der Waals surface area contributed by atoms with Crippen LogP contribution in [-0.2, 0) is 4.79 Å². The first kappa shape index (κ1) is 11.7. The number of amides is 1. The number of hydrogen-bond acceptors (Lipinski definition) is 3. The van der Waals surface area contributed by atoms with Crippen LogP contribution >= 0.6 is 15.9 Å². The van der Waals surface area contributed by atoms with E-state index in [1.165, 1.54) is 0 Å². The highest BCUT2D eigenvalue weighted by Crippen LogP contribution is 2.20. The van der Waals surface area contributed by atoms with Crippen LogP contribution in [0.1, 0.15) is 31.6 Å². The Kier molecular flexibility index (Phi) is 3.66. The molecule has 1 aliphatic rings. The Hall–Kier alpha value is -0.810. The van der Waals surface area contributed by atoms with Crippen molar-refractivity contribution in [1.82, 2.24) is 10.6 Å². The zero-order chi connectivity index (χ0) is 11.5. The van der Waals surface area contributed by atoms with E-state index in [4.69, 9.17) is 4.42 Å². The lowest BCUT2D eigenvalue weighted by atomic mass is 10.2. The number of carbonyl (C=O) groups is 1. The summed E-state index contributed by atoms with van der Waals surface area (Å²) in [5.41, 5.74) is 0. The van der Waals surface area contributed by atoms with Crippen molar-refractivity contribution >= 4 is 21.8 Å². The van der Waals surface area contributed by atoms with Crippen LogP contribution in [0.5, 0.6) is 0 Å². The van der Waals surface area contributed by atoms with Gasteiger partial charge in [0.1, 0.15) is 5.76 Å². The minimum atomic E-state index is 0.0382. The van der Waals surface area contributed by atoms with Gasteiger partial charge in [-0.1, -0.05) is 0 Å². The molecule has 0 saturated heterocycles. The van der Waals surface area contributed by atoms with Gasteiger partial charge in [0.2, 0.25) is 5.91 Å². The van der Waals surface area contributed by atoms with Gasteiger partial charge in [0.05, 0.1) is 12.6 Å². The van der Waals surface area contributed by atoms with Crippen LogP contribution < -0.4 is 10.6 Å². The summed E-state index contributed by atoms with van der Waals surface area (Å²) >= 11 is 3.25. The molecule has 2 N–H and O–H groups in total. The lowest BCUT2D eigenvalue weighted by Crippen LogP contribution is -2.36. The van der Waals surface area contributed by atoms with Crippen LogP contribution in [0.3, 0.4) is 0 Å². The van der Waals surface area contributed by atoms with Crippen molar-refractivity contribution in [3.63, 3.8) is 0 Å². The van der Waals surface area contributed by atoms with Gasteiger partial charge in [-0.25, -0.2) is 0 Å². The Morgan fingerprint density at radius 1 is 1.62 bits per heavy atom. The lowest BCUT2D eigenvalue weighted by Gasteiger charge is -2.10. The highest BCUT2D eigenvalue weighted by atomic mass is 79.9. The van der Waals surface area contributed by atoms with Gasteiger partial charge in [-0.3, -0.25) is 10.1 Å². The molecule has 1 atom stereocenters. The van der Waals surface area contributed by atoms with Gasteiger partial charge in [0, 0.05) is 6.04 Å². The van der Waals surface area contributed by atoms with Gasteiger partial charge in [-0.15, -0.1) is 0 Å². The monoisotopic (exact) mass is 286 g/mol. The van der Waals surface area contributed by atoms with Crippen LogP contribution in [0.15, 0.2) is 21.2 Å². The second-order valence-electron chi connectivity index (χ2n) is 4.09. The minimum Gasteiger partial charge on any atom is -0.453 e. The molecule has 88 valence electrons. The van der Waals surface area contributed by atoms with Crippen LogP contribution in [0, 0.1) is 0 Å². The maximum Gasteiger partial charge on any atom is 0.234 e. The fraction of sp³-hybridized carbons (Fsp3) is 0.545. The molecule has 16 heavy (non-hydrogen) atoms. The molecule has 0 bridgehead atoms. The molecule has 0 aromatic carbocycles. The van der Waals surface area contributed by atoms with E-state index in [0.29, 0.717) is 17.3 Å². The average molecular weight is 287 g/mol. The van der Waals surface area contributed by atoms with Crippen molar-refractivity contribution in [3.05, 3.63) is 22.6 Å². The van der Waals surface area contributed by atoms with Crippen molar-refractivity contribution in [1.29, 1.82) is 0 Å². The van der Waals surface area contributed by atoms with Crippen molar-refractivity contribution in [2.75, 3.05) is 6.54 Å². The Labute approximate surface area is 103 Å². The standard InChI is InChI=1S/C11H15BrN2O2/c1-7(9-4-5-10(12)16-9)13-6-11(15)14-8-2-3-8/h4-5,7-8,13H,2-3,6H2,1H3,(H,14,15). The summed E-state index contributed by atoms with van der Waals surface area (Å²) in [5, 5.41) is 6.04. The summed E-state index contributed by atoms with van der Waals surface area (Å²) < 4.78 is 6.10. The van der Waals surface area contributed by atoms with Gasteiger partial charge < -0.3 is 9.73 Å². The van der Waals surface area contributed by atoms with Gasteiger partial charge in [0.25, 0.3) is 0 Å². The van der Waals surface area contributed by atoms with E-state index in [2.05, 4.69) is 26.6 Å². The largest absolute Gasteiger partial charge is 0.453 e. The minimum absolute atomic E-state index is 0.0382. The van der Waals surface area contributed by atoms with Gasteiger partial charge in [-0.2, -0.15) is 0 Å². The molecule has 0 spiro atoms. The summed E-state index contributed by atoms with van der Waals surface area (Å²) in [4.78, 5) is 11.4. The predicted octanol–water partition coefficient (Wildman–Crippen LogP) is 1.97. The second kappa shape index (κ2) is 5.01. The first-order valence-corrected chi connectivity index (χ1v) is 6.22. The molecule has 5 heteroatoms. The third-order valence-electron chi connectivity index (χ3n) is 2.53. The predicted molar refractivity (Wildman–Crippen MR) is 64.0 cm³/mol. The molecule has 1 unspecified atom stereocenters. The van der Waals surface area contributed by atoms with E-state index >= 15 is 0 Å². The smallest absolute Gasteiger partial charge is 0.234 e. The fourth-order valence-corrected chi connectivity index (χ4v) is 1.73. The van der Waals surface area contributed by atoms with Crippen molar-refractivity contribution < 1.29 is 9.21 Å². The van der Waals surface area contributed by atoms with Gasteiger partial charge in [-0.05, 0) is 47.8 Å². The number of nitrogens with one attached hydrogen (secondary N) is 2. The summed E-state index contributed by atoms with van der Waals surface area (Å²) in [7, 11) is 0. The molecule has 0 radical (unpaired) electrons. The Bertz CT molecular complexity index is 374. The summed E-state index contributed by atoms with van der Waals surface area (Å²) in [6.45, 7) is 2.30. The van der Waals surface area contributed by atoms with Crippen molar-refractivity contribution in [3.8, 4) is 0 Å². The van der Waals surface area contributed by atoms with Crippen molar-refractivity contribution in [2.45, 2.75) is 31.8 Å². The van der Waals surface area contributed by atoms with E-state index in [9.17, 15) is 4.79 Å². The van der Waals surface area contributed by atoms with Crippen LogP contribution in [0.25, 0.3) is 0 Å². The SMILES string of the molecule is CC(NCC(=O)NC1CC1)c1ccc(Br)o1. The first-order valence-electron chi connectivity index (χ1n) is 5.43. The zero-order valence-corrected chi connectivity index (χ0v) is 10.7. The molecular formula is C11H15BrN2O2. The maximum atomic E-state index is 11.4. The molecule has 1 heterocycles. The van der Waals surface area contributed by atoms with Gasteiger partial charge in [0.15, 0.2) is 4.67 Å². The number of rotatable bonds is 5. The second-order valence-corrected chi connectivity index (χ2v) is 4.87.